The van der Waals surface area contributed by atoms with Crippen molar-refractivity contribution in [2.75, 3.05) is 0 Å². The van der Waals surface area contributed by atoms with Gasteiger partial charge in [0.15, 0.2) is 0 Å². The lowest BCUT2D eigenvalue weighted by Crippen LogP contribution is -2.53. The summed E-state index contributed by atoms with van der Waals surface area (Å²) in [5, 5.41) is 0.307. The zero-order valence-corrected chi connectivity index (χ0v) is 11.6. The monoisotopic (exact) mass is 244 g/mol. The molecule has 0 N–H and O–H groups in total. The molecular formula is C14H25ClO. The molecule has 16 heavy (non-hydrogen) atoms. The molecule has 0 heterocycles. The zero-order valence-electron chi connectivity index (χ0n) is 10.8. The second kappa shape index (κ2) is 4.86. The molecule has 4 atom stereocenters. The van der Waals surface area contributed by atoms with Gasteiger partial charge in [0.25, 0.3) is 0 Å². The van der Waals surface area contributed by atoms with Gasteiger partial charge in [-0.3, -0.25) is 0 Å². The number of halogens is 1. The lowest BCUT2D eigenvalue weighted by Gasteiger charge is -2.51. The molecule has 0 amide bonds. The van der Waals surface area contributed by atoms with E-state index in [0.29, 0.717) is 17.6 Å². The van der Waals surface area contributed by atoms with E-state index in [0.717, 1.165) is 12.3 Å². The fraction of sp³-hybridized carbons (Fsp3) is 1.00. The van der Waals surface area contributed by atoms with Crippen LogP contribution in [0.15, 0.2) is 0 Å². The summed E-state index contributed by atoms with van der Waals surface area (Å²) in [4.78, 5) is 0. The van der Waals surface area contributed by atoms with Gasteiger partial charge in [0.05, 0.1) is 12.2 Å². The summed E-state index contributed by atoms with van der Waals surface area (Å²) in [5.74, 6) is 0.791. The third-order valence-corrected chi connectivity index (χ3v) is 5.50. The van der Waals surface area contributed by atoms with Crippen LogP contribution in [0, 0.1) is 11.3 Å². The summed E-state index contributed by atoms with van der Waals surface area (Å²) < 4.78 is 6.33. The lowest BCUT2D eigenvalue weighted by molar-refractivity contribution is -0.148. The van der Waals surface area contributed by atoms with Crippen molar-refractivity contribution in [2.45, 2.75) is 76.9 Å². The molecule has 0 aromatic rings. The predicted octanol–water partition coefficient (Wildman–Crippen LogP) is 4.38. The van der Waals surface area contributed by atoms with E-state index < -0.39 is 0 Å². The Balaban J connectivity index is 1.89. The van der Waals surface area contributed by atoms with E-state index in [4.69, 9.17) is 16.3 Å². The number of ether oxygens (including phenoxy) is 1. The smallest absolute Gasteiger partial charge is 0.0658 e. The van der Waals surface area contributed by atoms with E-state index >= 15 is 0 Å². The molecule has 0 saturated heterocycles. The summed E-state index contributed by atoms with van der Waals surface area (Å²) in [6.45, 7) is 6.77. The Morgan fingerprint density at radius 1 is 1.25 bits per heavy atom. The maximum Gasteiger partial charge on any atom is 0.0658 e. The summed E-state index contributed by atoms with van der Waals surface area (Å²) in [7, 11) is 0. The van der Waals surface area contributed by atoms with Crippen molar-refractivity contribution in [3.63, 3.8) is 0 Å². The SMILES string of the molecule is CCC1CCCCC1OC1CC(Cl)C1(C)C. The van der Waals surface area contributed by atoms with Crippen molar-refractivity contribution in [3.05, 3.63) is 0 Å². The van der Waals surface area contributed by atoms with Gasteiger partial charge in [0, 0.05) is 10.8 Å². The van der Waals surface area contributed by atoms with E-state index in [1.807, 2.05) is 0 Å². The van der Waals surface area contributed by atoms with Crippen molar-refractivity contribution in [3.8, 4) is 0 Å². The minimum Gasteiger partial charge on any atom is -0.374 e. The molecule has 0 radical (unpaired) electrons. The first-order chi connectivity index (χ1) is 7.55. The molecule has 2 saturated carbocycles. The molecular weight excluding hydrogens is 220 g/mol. The van der Waals surface area contributed by atoms with Crippen molar-refractivity contribution in [1.82, 2.24) is 0 Å². The fourth-order valence-corrected chi connectivity index (χ4v) is 3.40. The van der Waals surface area contributed by atoms with Crippen LogP contribution < -0.4 is 0 Å². The number of alkyl halides is 1. The van der Waals surface area contributed by atoms with Crippen LogP contribution in [0.4, 0.5) is 0 Å². The summed E-state index contributed by atoms with van der Waals surface area (Å²) in [6.07, 6.45) is 8.57. The Labute approximate surface area is 105 Å². The van der Waals surface area contributed by atoms with Crippen molar-refractivity contribution >= 4 is 11.6 Å². The molecule has 0 aromatic heterocycles. The van der Waals surface area contributed by atoms with Gasteiger partial charge in [-0.1, -0.05) is 40.0 Å². The van der Waals surface area contributed by atoms with E-state index in [9.17, 15) is 0 Å². The standard InChI is InChI=1S/C14H25ClO/c1-4-10-7-5-6-8-11(10)16-13-9-12(15)14(13,2)3/h10-13H,4-9H2,1-3H3. The first kappa shape index (κ1) is 12.7. The van der Waals surface area contributed by atoms with Crippen LogP contribution in [-0.4, -0.2) is 17.6 Å². The third kappa shape index (κ3) is 2.26. The minimum absolute atomic E-state index is 0.178. The van der Waals surface area contributed by atoms with Crippen molar-refractivity contribution in [2.24, 2.45) is 11.3 Å². The van der Waals surface area contributed by atoms with Gasteiger partial charge in [0.1, 0.15) is 0 Å². The van der Waals surface area contributed by atoms with Gasteiger partial charge >= 0.3 is 0 Å². The molecule has 0 bridgehead atoms. The lowest BCUT2D eigenvalue weighted by atomic mass is 9.68. The number of rotatable bonds is 3. The van der Waals surface area contributed by atoms with E-state index in [1.54, 1.807) is 0 Å². The average molecular weight is 245 g/mol. The van der Waals surface area contributed by atoms with E-state index in [-0.39, 0.29) is 5.41 Å². The van der Waals surface area contributed by atoms with E-state index in [1.165, 1.54) is 32.1 Å². The van der Waals surface area contributed by atoms with Crippen molar-refractivity contribution in [1.29, 1.82) is 0 Å². The van der Waals surface area contributed by atoms with Crippen LogP contribution in [0.2, 0.25) is 0 Å². The van der Waals surface area contributed by atoms with Gasteiger partial charge in [-0.05, 0) is 25.2 Å². The second-order valence-corrected chi connectivity index (χ2v) is 6.67. The Kier molecular flexibility index (Phi) is 3.86. The highest BCUT2D eigenvalue weighted by Gasteiger charge is 2.49. The van der Waals surface area contributed by atoms with Crippen LogP contribution in [0.25, 0.3) is 0 Å². The van der Waals surface area contributed by atoms with Crippen LogP contribution in [0.3, 0.4) is 0 Å². The maximum atomic E-state index is 6.33. The van der Waals surface area contributed by atoms with E-state index in [2.05, 4.69) is 20.8 Å². The molecule has 1 nitrogen and oxygen atoms in total. The molecule has 2 fully saturated rings. The molecule has 0 aromatic carbocycles. The molecule has 0 aliphatic heterocycles. The molecule has 94 valence electrons. The van der Waals surface area contributed by atoms with Crippen LogP contribution in [-0.2, 0) is 4.74 Å². The van der Waals surface area contributed by atoms with Crippen LogP contribution >= 0.6 is 11.6 Å². The molecule has 0 spiro atoms. The Morgan fingerprint density at radius 3 is 2.50 bits per heavy atom. The highest BCUT2D eigenvalue weighted by Crippen LogP contribution is 2.48. The summed E-state index contributed by atoms with van der Waals surface area (Å²) in [5.41, 5.74) is 0.178. The molecule has 4 unspecified atom stereocenters. The van der Waals surface area contributed by atoms with Gasteiger partial charge < -0.3 is 4.74 Å². The van der Waals surface area contributed by atoms with Crippen LogP contribution in [0.1, 0.15) is 59.3 Å². The fourth-order valence-electron chi connectivity index (χ4n) is 3.10. The Bertz CT molecular complexity index is 239. The first-order valence-corrected chi connectivity index (χ1v) is 7.29. The third-order valence-electron chi connectivity index (χ3n) is 4.76. The molecule has 2 aliphatic carbocycles. The zero-order chi connectivity index (χ0) is 11.8. The van der Waals surface area contributed by atoms with Crippen molar-refractivity contribution < 1.29 is 4.74 Å². The quantitative estimate of drug-likeness (QED) is 0.670. The van der Waals surface area contributed by atoms with Crippen LogP contribution in [0.5, 0.6) is 0 Å². The first-order valence-electron chi connectivity index (χ1n) is 6.85. The molecule has 2 rings (SSSR count). The molecule has 2 aliphatic rings. The highest BCUT2D eigenvalue weighted by molar-refractivity contribution is 6.21. The predicted molar refractivity (Wildman–Crippen MR) is 68.9 cm³/mol. The number of hydrogen-bond acceptors (Lipinski definition) is 1. The second-order valence-electron chi connectivity index (χ2n) is 6.14. The average Bonchev–Trinajstić information content (AvgIpc) is 2.29. The van der Waals surface area contributed by atoms with Gasteiger partial charge in [-0.25, -0.2) is 0 Å². The summed E-state index contributed by atoms with van der Waals surface area (Å²) >= 11 is 6.24. The summed E-state index contributed by atoms with van der Waals surface area (Å²) in [6, 6.07) is 0. The highest BCUT2D eigenvalue weighted by atomic mass is 35.5. The Hall–Kier alpha value is 0.250. The molecule has 2 heteroatoms. The largest absolute Gasteiger partial charge is 0.374 e. The normalized spacial score (nSPS) is 42.8. The minimum atomic E-state index is 0.178. The van der Waals surface area contributed by atoms with Gasteiger partial charge in [-0.2, -0.15) is 0 Å². The van der Waals surface area contributed by atoms with Gasteiger partial charge in [0.2, 0.25) is 0 Å². The maximum absolute atomic E-state index is 6.33. The van der Waals surface area contributed by atoms with Gasteiger partial charge in [-0.15, -0.1) is 11.6 Å². The topological polar surface area (TPSA) is 9.23 Å². The Morgan fingerprint density at radius 2 is 1.94 bits per heavy atom. The number of hydrogen-bond donors (Lipinski definition) is 0.